The Kier molecular flexibility index (Phi) is 7.87. The minimum atomic E-state index is -0.952. The maximum atomic E-state index is 12.3. The molecule has 6 heteroatoms. The van der Waals surface area contributed by atoms with E-state index in [2.05, 4.69) is 5.32 Å². The minimum Gasteiger partial charge on any atom is -0.497 e. The van der Waals surface area contributed by atoms with Crippen LogP contribution >= 0.6 is 0 Å². The number of carboxylic acids is 1. The lowest BCUT2D eigenvalue weighted by molar-refractivity contribution is -0.141. The van der Waals surface area contributed by atoms with Gasteiger partial charge in [0, 0.05) is 13.0 Å². The first-order chi connectivity index (χ1) is 13.4. The number of benzene rings is 2. The van der Waals surface area contributed by atoms with Crippen molar-refractivity contribution in [3.8, 4) is 11.5 Å². The number of aliphatic carboxylic acids is 1. The topological polar surface area (TPSA) is 84.9 Å². The summed E-state index contributed by atoms with van der Waals surface area (Å²) in [5.74, 6) is -0.479. The lowest BCUT2D eigenvalue weighted by Gasteiger charge is -2.17. The molecular weight excluding hydrogens is 358 g/mol. The second-order valence-corrected chi connectivity index (χ2v) is 6.74. The molecule has 0 spiro atoms. The molecule has 0 bridgehead atoms. The van der Waals surface area contributed by atoms with Crippen molar-refractivity contribution in [2.75, 3.05) is 20.8 Å². The van der Waals surface area contributed by atoms with E-state index in [0.29, 0.717) is 5.75 Å². The molecular formula is C22H27NO5. The SMILES string of the molecule is COc1cccc(C(C)CC(=O)NCC(Cc2ccccc2OC)C(=O)O)c1. The van der Waals surface area contributed by atoms with E-state index in [-0.39, 0.29) is 31.2 Å². The predicted octanol–water partition coefficient (Wildman–Crippen LogP) is 3.26. The summed E-state index contributed by atoms with van der Waals surface area (Å²) in [6.45, 7) is 2.02. The molecule has 2 unspecified atom stereocenters. The third kappa shape index (κ3) is 6.01. The highest BCUT2D eigenvalue weighted by Gasteiger charge is 2.21. The standard InChI is InChI=1S/C22H27NO5/c1-15(16-8-6-9-19(13-16)27-2)11-21(24)23-14-18(22(25)26)12-17-7-4-5-10-20(17)28-3/h4-10,13,15,18H,11-12,14H2,1-3H3,(H,23,24)(H,25,26). The van der Waals surface area contributed by atoms with Crippen LogP contribution in [0.2, 0.25) is 0 Å². The number of methoxy groups -OCH3 is 2. The van der Waals surface area contributed by atoms with Gasteiger partial charge in [-0.05, 0) is 41.7 Å². The maximum Gasteiger partial charge on any atom is 0.308 e. The Labute approximate surface area is 165 Å². The molecule has 0 heterocycles. The fourth-order valence-electron chi connectivity index (χ4n) is 3.04. The summed E-state index contributed by atoms with van der Waals surface area (Å²) in [4.78, 5) is 23.9. The molecule has 0 saturated carbocycles. The molecule has 0 aliphatic carbocycles. The molecule has 0 fully saturated rings. The fraction of sp³-hybridized carbons (Fsp3) is 0.364. The van der Waals surface area contributed by atoms with Crippen LogP contribution < -0.4 is 14.8 Å². The molecule has 2 aromatic rings. The summed E-state index contributed by atoms with van der Waals surface area (Å²) in [6, 6.07) is 14.9. The molecule has 6 nitrogen and oxygen atoms in total. The van der Waals surface area contributed by atoms with E-state index in [1.165, 1.54) is 0 Å². The minimum absolute atomic E-state index is 0.00686. The smallest absolute Gasteiger partial charge is 0.308 e. The number of nitrogens with one attached hydrogen (secondary N) is 1. The average Bonchev–Trinajstić information content (AvgIpc) is 2.71. The zero-order valence-electron chi connectivity index (χ0n) is 16.5. The Morgan fingerprint density at radius 2 is 1.82 bits per heavy atom. The maximum absolute atomic E-state index is 12.3. The van der Waals surface area contributed by atoms with Crippen molar-refractivity contribution in [3.63, 3.8) is 0 Å². The summed E-state index contributed by atoms with van der Waals surface area (Å²) in [6.07, 6.45) is 0.555. The Bertz CT molecular complexity index is 805. The quantitative estimate of drug-likeness (QED) is 0.656. The van der Waals surface area contributed by atoms with Gasteiger partial charge >= 0.3 is 5.97 Å². The number of carbonyl (C=O) groups is 2. The van der Waals surface area contributed by atoms with Gasteiger partial charge in [-0.15, -0.1) is 0 Å². The summed E-state index contributed by atoms with van der Waals surface area (Å²) in [5.41, 5.74) is 1.80. The molecule has 2 N–H and O–H groups in total. The Balaban J connectivity index is 1.93. The van der Waals surface area contributed by atoms with Crippen LogP contribution in [-0.4, -0.2) is 37.7 Å². The monoisotopic (exact) mass is 385 g/mol. The van der Waals surface area contributed by atoms with E-state index in [1.807, 2.05) is 49.4 Å². The van der Waals surface area contributed by atoms with Crippen LogP contribution in [0.3, 0.4) is 0 Å². The number of ether oxygens (including phenoxy) is 2. The van der Waals surface area contributed by atoms with E-state index < -0.39 is 11.9 Å². The van der Waals surface area contributed by atoms with Crippen LogP contribution in [0.5, 0.6) is 11.5 Å². The van der Waals surface area contributed by atoms with E-state index in [4.69, 9.17) is 9.47 Å². The molecule has 28 heavy (non-hydrogen) atoms. The summed E-state index contributed by atoms with van der Waals surface area (Å²) in [7, 11) is 3.15. The number of hydrogen-bond acceptors (Lipinski definition) is 4. The first-order valence-corrected chi connectivity index (χ1v) is 9.20. The molecule has 0 aliphatic rings. The van der Waals surface area contributed by atoms with Gasteiger partial charge in [0.05, 0.1) is 20.1 Å². The van der Waals surface area contributed by atoms with Gasteiger partial charge in [0.25, 0.3) is 0 Å². The van der Waals surface area contributed by atoms with Crippen molar-refractivity contribution < 1.29 is 24.2 Å². The van der Waals surface area contributed by atoms with Crippen molar-refractivity contribution in [1.82, 2.24) is 5.32 Å². The van der Waals surface area contributed by atoms with Crippen LogP contribution in [0, 0.1) is 5.92 Å². The van der Waals surface area contributed by atoms with E-state index >= 15 is 0 Å². The van der Waals surface area contributed by atoms with Gasteiger partial charge in [0.15, 0.2) is 0 Å². The molecule has 0 aliphatic heterocycles. The van der Waals surface area contributed by atoms with Gasteiger partial charge in [-0.2, -0.15) is 0 Å². The molecule has 2 rings (SSSR count). The van der Waals surface area contributed by atoms with E-state index in [1.54, 1.807) is 20.3 Å². The van der Waals surface area contributed by atoms with E-state index in [0.717, 1.165) is 16.9 Å². The Hall–Kier alpha value is -3.02. The summed E-state index contributed by atoms with van der Waals surface area (Å²) >= 11 is 0. The van der Waals surface area contributed by atoms with Crippen molar-refractivity contribution in [2.45, 2.75) is 25.7 Å². The number of hydrogen-bond donors (Lipinski definition) is 2. The van der Waals surface area contributed by atoms with Gasteiger partial charge in [0.2, 0.25) is 5.91 Å². The lowest BCUT2D eigenvalue weighted by atomic mass is 9.96. The summed E-state index contributed by atoms with van der Waals surface area (Å²) < 4.78 is 10.5. The average molecular weight is 385 g/mol. The highest BCUT2D eigenvalue weighted by atomic mass is 16.5. The van der Waals surface area contributed by atoms with Crippen LogP contribution in [0.1, 0.15) is 30.4 Å². The van der Waals surface area contributed by atoms with Gasteiger partial charge < -0.3 is 19.9 Å². The van der Waals surface area contributed by atoms with Gasteiger partial charge in [-0.3, -0.25) is 9.59 Å². The largest absolute Gasteiger partial charge is 0.497 e. The molecule has 0 aromatic heterocycles. The molecule has 2 atom stereocenters. The Morgan fingerprint density at radius 1 is 1.07 bits per heavy atom. The highest BCUT2D eigenvalue weighted by Crippen LogP contribution is 2.23. The predicted molar refractivity (Wildman–Crippen MR) is 107 cm³/mol. The molecule has 150 valence electrons. The highest BCUT2D eigenvalue weighted by molar-refractivity contribution is 5.78. The van der Waals surface area contributed by atoms with Crippen LogP contribution in [-0.2, 0) is 16.0 Å². The number of amides is 1. The normalized spacial score (nSPS) is 12.7. The molecule has 1 amide bonds. The first-order valence-electron chi connectivity index (χ1n) is 9.20. The molecule has 0 radical (unpaired) electrons. The number of carboxylic acid groups (broad SMARTS) is 1. The fourth-order valence-corrected chi connectivity index (χ4v) is 3.04. The molecule has 0 saturated heterocycles. The second kappa shape index (κ2) is 10.3. The van der Waals surface area contributed by atoms with E-state index in [9.17, 15) is 14.7 Å². The second-order valence-electron chi connectivity index (χ2n) is 6.74. The number of para-hydroxylation sites is 1. The molecule has 2 aromatic carbocycles. The number of carbonyl (C=O) groups excluding carboxylic acids is 1. The summed E-state index contributed by atoms with van der Waals surface area (Å²) in [5, 5.41) is 12.3. The van der Waals surface area contributed by atoms with Gasteiger partial charge in [-0.1, -0.05) is 37.3 Å². The zero-order chi connectivity index (χ0) is 20.5. The Morgan fingerprint density at radius 3 is 2.50 bits per heavy atom. The van der Waals surface area contributed by atoms with Crippen molar-refractivity contribution in [1.29, 1.82) is 0 Å². The van der Waals surface area contributed by atoms with Crippen LogP contribution in [0.15, 0.2) is 48.5 Å². The van der Waals surface area contributed by atoms with Crippen molar-refractivity contribution >= 4 is 11.9 Å². The van der Waals surface area contributed by atoms with Crippen molar-refractivity contribution in [3.05, 3.63) is 59.7 Å². The number of rotatable bonds is 10. The lowest BCUT2D eigenvalue weighted by Crippen LogP contribution is -2.34. The third-order valence-corrected chi connectivity index (χ3v) is 4.71. The van der Waals surface area contributed by atoms with Gasteiger partial charge in [0.1, 0.15) is 11.5 Å². The first kappa shape index (κ1) is 21.3. The van der Waals surface area contributed by atoms with Gasteiger partial charge in [-0.25, -0.2) is 0 Å². The third-order valence-electron chi connectivity index (χ3n) is 4.71. The van der Waals surface area contributed by atoms with Crippen LogP contribution in [0.4, 0.5) is 0 Å². The van der Waals surface area contributed by atoms with Crippen LogP contribution in [0.25, 0.3) is 0 Å². The zero-order valence-corrected chi connectivity index (χ0v) is 16.5. The van der Waals surface area contributed by atoms with Crippen molar-refractivity contribution in [2.24, 2.45) is 5.92 Å².